The number of likely N-dealkylation sites (tertiary alicyclic amines) is 1. The van der Waals surface area contributed by atoms with Gasteiger partial charge in [0.05, 0.1) is 12.6 Å². The Balaban J connectivity index is 1.38. The van der Waals surface area contributed by atoms with E-state index in [4.69, 9.17) is 0 Å². The van der Waals surface area contributed by atoms with Gasteiger partial charge in [-0.3, -0.25) is 9.69 Å². The lowest BCUT2D eigenvalue weighted by Crippen LogP contribution is -2.39. The molecule has 1 aromatic carbocycles. The predicted molar refractivity (Wildman–Crippen MR) is 94.8 cm³/mol. The summed E-state index contributed by atoms with van der Waals surface area (Å²) in [5, 5.41) is 8.77. The molecule has 0 aliphatic carbocycles. The molecule has 0 radical (unpaired) electrons. The number of aryl methyl sites for hydroxylation is 1. The van der Waals surface area contributed by atoms with Crippen molar-refractivity contribution in [1.82, 2.24) is 24.6 Å². The molecule has 1 aromatic heterocycles. The average Bonchev–Trinajstić information content (AvgIpc) is 3.26. The van der Waals surface area contributed by atoms with E-state index in [1.54, 1.807) is 12.1 Å². The average molecular weight is 357 g/mol. The van der Waals surface area contributed by atoms with E-state index >= 15 is 0 Å². The summed E-state index contributed by atoms with van der Waals surface area (Å²) in [6.45, 7) is 3.06. The molecular weight excluding hydrogens is 333 g/mol. The highest BCUT2D eigenvalue weighted by molar-refractivity contribution is 5.76. The largest absolute Gasteiger partial charge is 0.333 e. The molecule has 1 amide bonds. The van der Waals surface area contributed by atoms with Crippen molar-refractivity contribution < 1.29 is 9.18 Å². The molecule has 0 spiro atoms. The number of carbonyl (C=O) groups excluding carboxylic acids is 1. The zero-order chi connectivity index (χ0) is 18.1. The van der Waals surface area contributed by atoms with Gasteiger partial charge in [0, 0.05) is 19.5 Å². The predicted octanol–water partition coefficient (Wildman–Crippen LogP) is 2.16. The monoisotopic (exact) mass is 357 g/mol. The molecule has 138 valence electrons. The molecular formula is C19H24FN5O. The first kappa shape index (κ1) is 17.1. The molecule has 26 heavy (non-hydrogen) atoms. The summed E-state index contributed by atoms with van der Waals surface area (Å²) in [5.74, 6) is 1.78. The number of nitrogens with zero attached hydrogens (tertiary/aromatic N) is 5. The Bertz CT molecular complexity index is 788. The second kappa shape index (κ2) is 7.15. The number of fused-ring (bicyclic) bond motifs is 1. The summed E-state index contributed by atoms with van der Waals surface area (Å²) in [4.78, 5) is 16.7. The third-order valence-corrected chi connectivity index (χ3v) is 5.49. The molecule has 0 saturated carbocycles. The SMILES string of the molecule is CN1CCC[C@H]1c1nnc2n1CCN(C(=O)CCc1ccc(F)cc1)C2. The van der Waals surface area contributed by atoms with Crippen molar-refractivity contribution in [3.05, 3.63) is 47.3 Å². The minimum atomic E-state index is -0.251. The van der Waals surface area contributed by atoms with Crippen LogP contribution in [0.3, 0.4) is 0 Å². The molecule has 1 fully saturated rings. The Morgan fingerprint density at radius 3 is 2.73 bits per heavy atom. The Morgan fingerprint density at radius 2 is 2.00 bits per heavy atom. The number of carbonyl (C=O) groups is 1. The minimum absolute atomic E-state index is 0.114. The van der Waals surface area contributed by atoms with E-state index in [-0.39, 0.29) is 11.7 Å². The van der Waals surface area contributed by atoms with Crippen LogP contribution in [0.25, 0.3) is 0 Å². The topological polar surface area (TPSA) is 54.3 Å². The van der Waals surface area contributed by atoms with E-state index in [9.17, 15) is 9.18 Å². The Morgan fingerprint density at radius 1 is 1.19 bits per heavy atom. The van der Waals surface area contributed by atoms with Gasteiger partial charge in [-0.05, 0) is 50.6 Å². The molecule has 2 aliphatic heterocycles. The number of aromatic nitrogens is 3. The normalized spacial score (nSPS) is 20.4. The standard InChI is InChI=1S/C19H24FN5O/c1-23-10-2-3-16(23)19-22-21-17-13-24(11-12-25(17)19)18(26)9-6-14-4-7-15(20)8-5-14/h4-5,7-8,16H,2-3,6,9-13H2,1H3/t16-/m0/s1. The van der Waals surface area contributed by atoms with Crippen LogP contribution >= 0.6 is 0 Å². The van der Waals surface area contributed by atoms with Gasteiger partial charge in [-0.2, -0.15) is 0 Å². The smallest absolute Gasteiger partial charge is 0.223 e. The lowest BCUT2D eigenvalue weighted by atomic mass is 10.1. The molecule has 4 rings (SSSR count). The second-order valence-corrected chi connectivity index (χ2v) is 7.21. The highest BCUT2D eigenvalue weighted by Gasteiger charge is 2.31. The quantitative estimate of drug-likeness (QED) is 0.841. The maximum absolute atomic E-state index is 13.0. The molecule has 2 aliphatic rings. The molecule has 3 heterocycles. The van der Waals surface area contributed by atoms with Crippen molar-refractivity contribution in [2.45, 2.75) is 44.8 Å². The van der Waals surface area contributed by atoms with E-state index < -0.39 is 0 Å². The summed E-state index contributed by atoms with van der Waals surface area (Å²) in [6, 6.07) is 6.69. The van der Waals surface area contributed by atoms with E-state index in [0.717, 1.165) is 36.7 Å². The molecule has 7 heteroatoms. The molecule has 0 bridgehead atoms. The maximum Gasteiger partial charge on any atom is 0.223 e. The van der Waals surface area contributed by atoms with Crippen molar-refractivity contribution in [3.63, 3.8) is 0 Å². The van der Waals surface area contributed by atoms with Gasteiger partial charge in [-0.25, -0.2) is 4.39 Å². The number of rotatable bonds is 4. The molecule has 1 atom stereocenters. The van der Waals surface area contributed by atoms with Crippen molar-refractivity contribution in [2.24, 2.45) is 0 Å². The van der Waals surface area contributed by atoms with Crippen molar-refractivity contribution in [2.75, 3.05) is 20.1 Å². The summed E-state index contributed by atoms with van der Waals surface area (Å²) in [6.07, 6.45) is 3.37. The second-order valence-electron chi connectivity index (χ2n) is 7.21. The van der Waals surface area contributed by atoms with Crippen molar-refractivity contribution in [1.29, 1.82) is 0 Å². The third-order valence-electron chi connectivity index (χ3n) is 5.49. The van der Waals surface area contributed by atoms with Gasteiger partial charge < -0.3 is 9.47 Å². The van der Waals surface area contributed by atoms with E-state index in [1.165, 1.54) is 18.6 Å². The van der Waals surface area contributed by atoms with E-state index in [0.29, 0.717) is 32.0 Å². The molecule has 6 nitrogen and oxygen atoms in total. The summed E-state index contributed by atoms with van der Waals surface area (Å²) in [7, 11) is 2.13. The van der Waals surface area contributed by atoms with Crippen LogP contribution in [0.5, 0.6) is 0 Å². The summed E-state index contributed by atoms with van der Waals surface area (Å²) in [5.41, 5.74) is 0.978. The number of amides is 1. The van der Waals surface area contributed by atoms with Crippen LogP contribution in [0, 0.1) is 5.82 Å². The van der Waals surface area contributed by atoms with Crippen LogP contribution in [0.15, 0.2) is 24.3 Å². The Kier molecular flexibility index (Phi) is 4.72. The molecule has 0 N–H and O–H groups in total. The van der Waals surface area contributed by atoms with Crippen LogP contribution in [0.1, 0.15) is 42.5 Å². The molecule has 1 saturated heterocycles. The Labute approximate surface area is 152 Å². The number of hydrogen-bond donors (Lipinski definition) is 0. The van der Waals surface area contributed by atoms with Gasteiger partial charge in [-0.15, -0.1) is 10.2 Å². The lowest BCUT2D eigenvalue weighted by molar-refractivity contribution is -0.132. The van der Waals surface area contributed by atoms with Gasteiger partial charge in [0.1, 0.15) is 5.82 Å². The summed E-state index contributed by atoms with van der Waals surface area (Å²) >= 11 is 0. The fourth-order valence-electron chi connectivity index (χ4n) is 3.94. The fourth-order valence-corrected chi connectivity index (χ4v) is 3.94. The van der Waals surface area contributed by atoms with Crippen LogP contribution in [-0.2, 0) is 24.3 Å². The highest BCUT2D eigenvalue weighted by Crippen LogP contribution is 2.30. The number of benzene rings is 1. The summed E-state index contributed by atoms with van der Waals surface area (Å²) < 4.78 is 15.2. The van der Waals surface area contributed by atoms with Gasteiger partial charge >= 0.3 is 0 Å². The van der Waals surface area contributed by atoms with Crippen LogP contribution in [0.2, 0.25) is 0 Å². The van der Waals surface area contributed by atoms with Crippen molar-refractivity contribution >= 4 is 5.91 Å². The van der Waals surface area contributed by atoms with Crippen LogP contribution in [-0.4, -0.2) is 50.6 Å². The fraction of sp³-hybridized carbons (Fsp3) is 0.526. The molecule has 2 aromatic rings. The van der Waals surface area contributed by atoms with E-state index in [1.807, 2.05) is 4.90 Å². The number of hydrogen-bond acceptors (Lipinski definition) is 4. The minimum Gasteiger partial charge on any atom is -0.333 e. The van der Waals surface area contributed by atoms with Crippen LogP contribution in [0.4, 0.5) is 4.39 Å². The maximum atomic E-state index is 13.0. The highest BCUT2D eigenvalue weighted by atomic mass is 19.1. The third kappa shape index (κ3) is 3.35. The first-order valence-corrected chi connectivity index (χ1v) is 9.26. The van der Waals surface area contributed by atoms with Crippen LogP contribution < -0.4 is 0 Å². The van der Waals surface area contributed by atoms with E-state index in [2.05, 4.69) is 26.7 Å². The first-order valence-electron chi connectivity index (χ1n) is 9.26. The van der Waals surface area contributed by atoms with Crippen molar-refractivity contribution in [3.8, 4) is 0 Å². The first-order chi connectivity index (χ1) is 12.6. The van der Waals surface area contributed by atoms with Gasteiger partial charge in [0.25, 0.3) is 0 Å². The lowest BCUT2D eigenvalue weighted by Gasteiger charge is -2.29. The van der Waals surface area contributed by atoms with Gasteiger partial charge in [0.15, 0.2) is 11.6 Å². The zero-order valence-electron chi connectivity index (χ0n) is 15.1. The van der Waals surface area contributed by atoms with Gasteiger partial charge in [-0.1, -0.05) is 12.1 Å². The molecule has 0 unspecified atom stereocenters. The van der Waals surface area contributed by atoms with Gasteiger partial charge in [0.2, 0.25) is 5.91 Å². The number of halogens is 1. The zero-order valence-corrected chi connectivity index (χ0v) is 15.1. The Hall–Kier alpha value is -2.28.